The summed E-state index contributed by atoms with van der Waals surface area (Å²) in [6.45, 7) is 0.706. The van der Waals surface area contributed by atoms with Gasteiger partial charge in [-0.25, -0.2) is 4.98 Å². The van der Waals surface area contributed by atoms with Crippen molar-refractivity contribution in [3.05, 3.63) is 28.4 Å². The fourth-order valence-corrected chi connectivity index (χ4v) is 1.69. The van der Waals surface area contributed by atoms with Crippen LogP contribution >= 0.6 is 0 Å². The first-order chi connectivity index (χ1) is 9.16. The smallest absolute Gasteiger partial charge is 0.308 e. The third-order valence-electron chi connectivity index (χ3n) is 3.05. The molecular formula is C12H15N3O4. The van der Waals surface area contributed by atoms with Crippen LogP contribution in [0.2, 0.25) is 0 Å². The number of nitro groups is 1. The van der Waals surface area contributed by atoms with Gasteiger partial charge in [-0.1, -0.05) is 6.42 Å². The number of nitrogens with zero attached hydrogens (tertiary/aromatic N) is 2. The van der Waals surface area contributed by atoms with E-state index in [4.69, 9.17) is 4.74 Å². The van der Waals surface area contributed by atoms with Crippen molar-refractivity contribution in [1.29, 1.82) is 0 Å². The van der Waals surface area contributed by atoms with E-state index in [1.807, 2.05) is 0 Å². The zero-order valence-corrected chi connectivity index (χ0v) is 10.4. The number of anilines is 1. The van der Waals surface area contributed by atoms with E-state index in [2.05, 4.69) is 10.3 Å². The summed E-state index contributed by atoms with van der Waals surface area (Å²) >= 11 is 0. The molecule has 1 aliphatic carbocycles. The molecule has 0 radical (unpaired) electrons. The van der Waals surface area contributed by atoms with Crippen molar-refractivity contribution in [2.45, 2.75) is 19.3 Å². The van der Waals surface area contributed by atoms with E-state index in [-0.39, 0.29) is 24.2 Å². The van der Waals surface area contributed by atoms with Gasteiger partial charge in [-0.3, -0.25) is 14.9 Å². The molecule has 1 N–H and O–H groups in total. The molecule has 7 heteroatoms. The number of rotatable bonds is 6. The highest BCUT2D eigenvalue weighted by atomic mass is 16.6. The number of nitrogens with one attached hydrogen (secondary N) is 1. The van der Waals surface area contributed by atoms with Gasteiger partial charge in [0.25, 0.3) is 5.69 Å². The predicted molar refractivity (Wildman–Crippen MR) is 67.7 cm³/mol. The molecule has 1 heterocycles. The third-order valence-corrected chi connectivity index (χ3v) is 3.05. The number of aromatic nitrogens is 1. The Bertz CT molecular complexity index is 457. The highest BCUT2D eigenvalue weighted by Crippen LogP contribution is 2.27. The Labute approximate surface area is 110 Å². The van der Waals surface area contributed by atoms with Gasteiger partial charge in [0.2, 0.25) is 0 Å². The number of hydrogen-bond acceptors (Lipinski definition) is 6. The van der Waals surface area contributed by atoms with Crippen molar-refractivity contribution in [3.63, 3.8) is 0 Å². The minimum atomic E-state index is -0.503. The molecule has 0 saturated heterocycles. The average molecular weight is 265 g/mol. The van der Waals surface area contributed by atoms with E-state index >= 15 is 0 Å². The Kier molecular flexibility index (Phi) is 4.27. The van der Waals surface area contributed by atoms with Crippen LogP contribution in [-0.2, 0) is 9.53 Å². The fraction of sp³-hybridized carbons (Fsp3) is 0.500. The lowest BCUT2D eigenvalue weighted by Crippen LogP contribution is -2.26. The van der Waals surface area contributed by atoms with Crippen molar-refractivity contribution in [1.82, 2.24) is 4.98 Å². The van der Waals surface area contributed by atoms with Crippen LogP contribution in [0.25, 0.3) is 0 Å². The minimum Gasteiger partial charge on any atom is -0.464 e. The Morgan fingerprint density at radius 2 is 2.32 bits per heavy atom. The summed E-state index contributed by atoms with van der Waals surface area (Å²) in [5.74, 6) is 0.465. The van der Waals surface area contributed by atoms with E-state index in [1.165, 1.54) is 18.3 Å². The van der Waals surface area contributed by atoms with Crippen LogP contribution < -0.4 is 5.32 Å². The van der Waals surface area contributed by atoms with Gasteiger partial charge in [-0.05, 0) is 18.9 Å². The predicted octanol–water partition coefficient (Wildman–Crippen LogP) is 1.74. The van der Waals surface area contributed by atoms with Gasteiger partial charge in [0.1, 0.15) is 18.6 Å². The molecule has 1 aromatic heterocycles. The normalized spacial score (nSPS) is 14.5. The molecule has 1 aliphatic rings. The highest BCUT2D eigenvalue weighted by molar-refractivity contribution is 5.73. The van der Waals surface area contributed by atoms with Crippen molar-refractivity contribution >= 4 is 17.5 Å². The number of pyridine rings is 1. The maximum absolute atomic E-state index is 11.4. The van der Waals surface area contributed by atoms with Gasteiger partial charge >= 0.3 is 5.97 Å². The maximum atomic E-state index is 11.4. The molecule has 0 atom stereocenters. The topological polar surface area (TPSA) is 94.4 Å². The molecular weight excluding hydrogens is 250 g/mol. The first-order valence-corrected chi connectivity index (χ1v) is 6.18. The van der Waals surface area contributed by atoms with Crippen molar-refractivity contribution in [3.8, 4) is 0 Å². The Balaban J connectivity index is 1.67. The molecule has 19 heavy (non-hydrogen) atoms. The zero-order chi connectivity index (χ0) is 13.7. The van der Waals surface area contributed by atoms with Crippen LogP contribution in [0, 0.1) is 16.0 Å². The molecule has 0 spiro atoms. The Morgan fingerprint density at radius 3 is 2.84 bits per heavy atom. The molecule has 1 saturated carbocycles. The van der Waals surface area contributed by atoms with Crippen molar-refractivity contribution in [2.75, 3.05) is 18.5 Å². The summed E-state index contributed by atoms with van der Waals surface area (Å²) < 4.78 is 5.09. The van der Waals surface area contributed by atoms with Crippen LogP contribution in [0.5, 0.6) is 0 Å². The summed E-state index contributed by atoms with van der Waals surface area (Å²) in [5, 5.41) is 13.4. The van der Waals surface area contributed by atoms with E-state index in [1.54, 1.807) is 0 Å². The van der Waals surface area contributed by atoms with Gasteiger partial charge in [-0.2, -0.15) is 0 Å². The standard InChI is InChI=1S/C12H15N3O4/c16-12(9-2-1-3-9)19-7-6-13-11-5-4-10(8-14-11)15(17)18/h4-5,8-9H,1-3,6-7H2,(H,13,14). The molecule has 102 valence electrons. The van der Waals surface area contributed by atoms with E-state index in [0.717, 1.165) is 19.3 Å². The molecule has 0 bridgehead atoms. The van der Waals surface area contributed by atoms with Crippen LogP contribution in [0.1, 0.15) is 19.3 Å². The first kappa shape index (κ1) is 13.3. The molecule has 0 aromatic carbocycles. The molecule has 7 nitrogen and oxygen atoms in total. The number of esters is 1. The van der Waals surface area contributed by atoms with Crippen LogP contribution in [0.15, 0.2) is 18.3 Å². The fourth-order valence-electron chi connectivity index (χ4n) is 1.69. The Hall–Kier alpha value is -2.18. The SMILES string of the molecule is O=C(OCCNc1ccc([N+](=O)[O-])cn1)C1CCC1. The van der Waals surface area contributed by atoms with Crippen molar-refractivity contribution in [2.24, 2.45) is 5.92 Å². The summed E-state index contributed by atoms with van der Waals surface area (Å²) in [4.78, 5) is 25.2. The average Bonchev–Trinajstić information content (AvgIpc) is 2.33. The van der Waals surface area contributed by atoms with E-state index < -0.39 is 4.92 Å². The molecule has 0 unspecified atom stereocenters. The minimum absolute atomic E-state index is 0.0537. The summed E-state index contributed by atoms with van der Waals surface area (Å²) in [6, 6.07) is 2.89. The lowest BCUT2D eigenvalue weighted by Gasteiger charge is -2.23. The first-order valence-electron chi connectivity index (χ1n) is 6.18. The third kappa shape index (κ3) is 3.64. The number of ether oxygens (including phenoxy) is 1. The zero-order valence-electron chi connectivity index (χ0n) is 10.4. The lowest BCUT2D eigenvalue weighted by molar-refractivity contribution is -0.385. The molecule has 1 fully saturated rings. The van der Waals surface area contributed by atoms with Crippen molar-refractivity contribution < 1.29 is 14.5 Å². The summed E-state index contributed by atoms with van der Waals surface area (Å²) in [7, 11) is 0. The maximum Gasteiger partial charge on any atom is 0.308 e. The second-order valence-electron chi connectivity index (χ2n) is 4.38. The highest BCUT2D eigenvalue weighted by Gasteiger charge is 2.26. The number of carbonyl (C=O) groups excluding carboxylic acids is 1. The van der Waals surface area contributed by atoms with Gasteiger partial charge in [-0.15, -0.1) is 0 Å². The molecule has 2 rings (SSSR count). The largest absolute Gasteiger partial charge is 0.464 e. The number of hydrogen-bond donors (Lipinski definition) is 1. The number of carbonyl (C=O) groups is 1. The summed E-state index contributed by atoms with van der Waals surface area (Å²) in [5.41, 5.74) is -0.0537. The van der Waals surface area contributed by atoms with Gasteiger partial charge < -0.3 is 10.1 Å². The second-order valence-corrected chi connectivity index (χ2v) is 4.38. The van der Waals surface area contributed by atoms with E-state index in [0.29, 0.717) is 12.4 Å². The lowest BCUT2D eigenvalue weighted by atomic mass is 9.86. The van der Waals surface area contributed by atoms with Crippen LogP contribution in [0.4, 0.5) is 11.5 Å². The van der Waals surface area contributed by atoms with Gasteiger partial charge in [0.05, 0.1) is 17.4 Å². The van der Waals surface area contributed by atoms with Crippen LogP contribution in [0.3, 0.4) is 0 Å². The quantitative estimate of drug-likeness (QED) is 0.364. The molecule has 0 aliphatic heterocycles. The van der Waals surface area contributed by atoms with E-state index in [9.17, 15) is 14.9 Å². The monoisotopic (exact) mass is 265 g/mol. The second kappa shape index (κ2) is 6.12. The molecule has 1 aromatic rings. The molecule has 0 amide bonds. The Morgan fingerprint density at radius 1 is 1.53 bits per heavy atom. The van der Waals surface area contributed by atoms with Gasteiger partial charge in [0, 0.05) is 6.07 Å². The van der Waals surface area contributed by atoms with Gasteiger partial charge in [0.15, 0.2) is 0 Å². The summed E-state index contributed by atoms with van der Waals surface area (Å²) in [6.07, 6.45) is 4.14. The van der Waals surface area contributed by atoms with Crippen LogP contribution in [-0.4, -0.2) is 29.0 Å².